The first-order chi connectivity index (χ1) is 14.7. The lowest BCUT2D eigenvalue weighted by Gasteiger charge is -2.23. The third-order valence-corrected chi connectivity index (χ3v) is 4.87. The Morgan fingerprint density at radius 2 is 1.80 bits per heavy atom. The first-order valence-corrected chi connectivity index (χ1v) is 9.61. The molecule has 3 aromatic rings. The van der Waals surface area contributed by atoms with E-state index in [1.54, 1.807) is 26.6 Å². The lowest BCUT2D eigenvalue weighted by atomic mass is 10.1. The van der Waals surface area contributed by atoms with E-state index in [0.717, 1.165) is 22.6 Å². The summed E-state index contributed by atoms with van der Waals surface area (Å²) in [5.74, 6) is 2.86. The van der Waals surface area contributed by atoms with Gasteiger partial charge in [-0.3, -0.25) is 0 Å². The molecule has 4 rings (SSSR count). The molecule has 1 aromatic carbocycles. The minimum absolute atomic E-state index is 0.381. The Bertz CT molecular complexity index is 1020. The maximum Gasteiger partial charge on any atom is 0.212 e. The normalized spacial score (nSPS) is 12.9. The van der Waals surface area contributed by atoms with Crippen molar-refractivity contribution in [1.29, 1.82) is 0 Å². The van der Waals surface area contributed by atoms with Crippen LogP contribution in [0.4, 0.5) is 11.5 Å². The van der Waals surface area contributed by atoms with Gasteiger partial charge in [0.25, 0.3) is 0 Å². The Balaban J connectivity index is 1.52. The average Bonchev–Trinajstić information content (AvgIpc) is 3.29. The van der Waals surface area contributed by atoms with Crippen LogP contribution in [0.15, 0.2) is 67.3 Å². The van der Waals surface area contributed by atoms with Crippen molar-refractivity contribution < 1.29 is 14.2 Å². The monoisotopic (exact) mass is 404 g/mol. The van der Waals surface area contributed by atoms with Crippen LogP contribution in [-0.4, -0.2) is 30.9 Å². The van der Waals surface area contributed by atoms with E-state index in [-0.39, 0.29) is 0 Å². The number of aryl methyl sites for hydroxylation is 1. The summed E-state index contributed by atoms with van der Waals surface area (Å²) in [7, 11) is 3.24. The van der Waals surface area contributed by atoms with Gasteiger partial charge in [0.2, 0.25) is 5.88 Å². The number of anilines is 2. The molecule has 7 heteroatoms. The van der Waals surface area contributed by atoms with E-state index in [1.807, 2.05) is 54.9 Å². The molecule has 0 amide bonds. The molecule has 0 saturated heterocycles. The van der Waals surface area contributed by atoms with Gasteiger partial charge in [-0.05, 0) is 36.8 Å². The highest BCUT2D eigenvalue weighted by Crippen LogP contribution is 2.37. The predicted octanol–water partition coefficient (Wildman–Crippen LogP) is 4.14. The van der Waals surface area contributed by atoms with Crippen LogP contribution in [0.1, 0.15) is 11.1 Å². The standard InChI is InChI=1S/C23H24N4O3/c1-17-12-20(28-2)21(30-15-18-7-8-23(29-3)25-14-18)13-19(17)26-10-11-27(16-26)22-6-4-5-9-24-22/h4-14H,15-16H2,1-3H3. The second-order valence-corrected chi connectivity index (χ2v) is 6.85. The summed E-state index contributed by atoms with van der Waals surface area (Å²) in [5.41, 5.74) is 3.09. The van der Waals surface area contributed by atoms with Crippen LogP contribution in [0.5, 0.6) is 17.4 Å². The van der Waals surface area contributed by atoms with Gasteiger partial charge in [0, 0.05) is 48.2 Å². The topological polar surface area (TPSA) is 60.0 Å². The largest absolute Gasteiger partial charge is 0.493 e. The number of hydrogen-bond donors (Lipinski definition) is 0. The van der Waals surface area contributed by atoms with Crippen LogP contribution in [0.25, 0.3) is 0 Å². The number of hydrogen-bond acceptors (Lipinski definition) is 7. The Hall–Kier alpha value is -3.74. The van der Waals surface area contributed by atoms with Crippen LogP contribution in [0.2, 0.25) is 0 Å². The van der Waals surface area contributed by atoms with Crippen molar-refractivity contribution in [3.63, 3.8) is 0 Å². The quantitative estimate of drug-likeness (QED) is 0.587. The summed E-state index contributed by atoms with van der Waals surface area (Å²) in [6, 6.07) is 13.6. The smallest absolute Gasteiger partial charge is 0.212 e. The fourth-order valence-electron chi connectivity index (χ4n) is 3.26. The molecule has 0 aliphatic carbocycles. The molecule has 0 N–H and O–H groups in total. The zero-order valence-electron chi connectivity index (χ0n) is 17.3. The third-order valence-electron chi connectivity index (χ3n) is 4.87. The van der Waals surface area contributed by atoms with Crippen LogP contribution in [0, 0.1) is 6.92 Å². The molecule has 1 aliphatic rings. The van der Waals surface area contributed by atoms with Gasteiger partial charge in [0.15, 0.2) is 11.5 Å². The van der Waals surface area contributed by atoms with Crippen molar-refractivity contribution in [2.24, 2.45) is 0 Å². The van der Waals surface area contributed by atoms with E-state index in [9.17, 15) is 0 Å². The van der Waals surface area contributed by atoms with Crippen LogP contribution < -0.4 is 24.0 Å². The molecule has 0 atom stereocenters. The Morgan fingerprint density at radius 1 is 0.933 bits per heavy atom. The number of benzene rings is 1. The number of methoxy groups -OCH3 is 2. The fourth-order valence-corrected chi connectivity index (χ4v) is 3.26. The Kier molecular flexibility index (Phi) is 5.70. The highest BCUT2D eigenvalue weighted by Gasteiger charge is 2.20. The summed E-state index contributed by atoms with van der Waals surface area (Å²) in [6.45, 7) is 3.12. The molecule has 0 saturated carbocycles. The van der Waals surface area contributed by atoms with E-state index in [0.29, 0.717) is 30.7 Å². The van der Waals surface area contributed by atoms with Gasteiger partial charge in [0.1, 0.15) is 19.1 Å². The summed E-state index contributed by atoms with van der Waals surface area (Å²) >= 11 is 0. The molecular formula is C23H24N4O3. The Morgan fingerprint density at radius 3 is 2.50 bits per heavy atom. The maximum absolute atomic E-state index is 6.07. The third kappa shape index (κ3) is 4.15. The van der Waals surface area contributed by atoms with Gasteiger partial charge < -0.3 is 24.0 Å². The molecule has 0 radical (unpaired) electrons. The van der Waals surface area contributed by atoms with Crippen molar-refractivity contribution in [2.45, 2.75) is 13.5 Å². The van der Waals surface area contributed by atoms with E-state index in [1.165, 1.54) is 0 Å². The van der Waals surface area contributed by atoms with Gasteiger partial charge >= 0.3 is 0 Å². The summed E-state index contributed by atoms with van der Waals surface area (Å²) in [4.78, 5) is 12.9. The number of nitrogens with zero attached hydrogens (tertiary/aromatic N) is 4. The van der Waals surface area contributed by atoms with Crippen molar-refractivity contribution in [2.75, 3.05) is 30.7 Å². The minimum Gasteiger partial charge on any atom is -0.493 e. The summed E-state index contributed by atoms with van der Waals surface area (Å²) in [6.07, 6.45) is 7.61. The fraction of sp³-hybridized carbons (Fsp3) is 0.217. The van der Waals surface area contributed by atoms with Crippen molar-refractivity contribution in [3.8, 4) is 17.4 Å². The average molecular weight is 404 g/mol. The number of ether oxygens (including phenoxy) is 3. The van der Waals surface area contributed by atoms with Crippen molar-refractivity contribution in [3.05, 3.63) is 78.4 Å². The highest BCUT2D eigenvalue weighted by atomic mass is 16.5. The highest BCUT2D eigenvalue weighted by molar-refractivity contribution is 5.65. The molecule has 0 bridgehead atoms. The van der Waals surface area contributed by atoms with Crippen molar-refractivity contribution >= 4 is 11.5 Å². The van der Waals surface area contributed by atoms with Gasteiger partial charge in [-0.1, -0.05) is 6.07 Å². The minimum atomic E-state index is 0.381. The lowest BCUT2D eigenvalue weighted by Crippen LogP contribution is -2.25. The van der Waals surface area contributed by atoms with E-state index in [4.69, 9.17) is 14.2 Å². The zero-order valence-corrected chi connectivity index (χ0v) is 17.3. The predicted molar refractivity (Wildman–Crippen MR) is 116 cm³/mol. The van der Waals surface area contributed by atoms with Crippen LogP contribution >= 0.6 is 0 Å². The first-order valence-electron chi connectivity index (χ1n) is 9.61. The number of aromatic nitrogens is 2. The summed E-state index contributed by atoms with van der Waals surface area (Å²) < 4.78 is 16.7. The molecule has 2 aromatic heterocycles. The van der Waals surface area contributed by atoms with E-state index in [2.05, 4.69) is 26.7 Å². The second-order valence-electron chi connectivity index (χ2n) is 6.85. The van der Waals surface area contributed by atoms with Gasteiger partial charge in [-0.15, -0.1) is 0 Å². The van der Waals surface area contributed by atoms with Crippen LogP contribution in [-0.2, 0) is 6.61 Å². The van der Waals surface area contributed by atoms with Gasteiger partial charge in [0.05, 0.1) is 14.2 Å². The summed E-state index contributed by atoms with van der Waals surface area (Å²) in [5, 5.41) is 0. The van der Waals surface area contributed by atoms with Crippen molar-refractivity contribution in [1.82, 2.24) is 9.97 Å². The maximum atomic E-state index is 6.07. The SMILES string of the molecule is COc1ccc(COc2cc(N3C=CN(c4ccccn4)C3)c(C)cc2OC)cn1. The van der Waals surface area contributed by atoms with Crippen LogP contribution in [0.3, 0.4) is 0 Å². The molecule has 154 valence electrons. The number of pyridine rings is 2. The number of rotatable bonds is 7. The molecule has 0 fully saturated rings. The molecule has 1 aliphatic heterocycles. The molecule has 7 nitrogen and oxygen atoms in total. The second kappa shape index (κ2) is 8.73. The molecule has 30 heavy (non-hydrogen) atoms. The van der Waals surface area contributed by atoms with Gasteiger partial charge in [-0.25, -0.2) is 9.97 Å². The Labute approximate surface area is 176 Å². The van der Waals surface area contributed by atoms with Gasteiger partial charge in [-0.2, -0.15) is 0 Å². The molecule has 0 spiro atoms. The van der Waals surface area contributed by atoms with E-state index >= 15 is 0 Å². The molecule has 0 unspecified atom stereocenters. The first kappa shape index (κ1) is 19.6. The lowest BCUT2D eigenvalue weighted by molar-refractivity contribution is 0.283. The zero-order chi connectivity index (χ0) is 20.9. The van der Waals surface area contributed by atoms with E-state index < -0.39 is 0 Å². The molecule has 3 heterocycles. The molecular weight excluding hydrogens is 380 g/mol.